The molecule has 0 amide bonds. The van der Waals surface area contributed by atoms with Crippen LogP contribution >= 0.6 is 0 Å². The second kappa shape index (κ2) is 8.26. The first kappa shape index (κ1) is 18.9. The molecule has 0 aliphatic carbocycles. The first-order valence-corrected chi connectivity index (χ1v) is 9.82. The third-order valence-corrected chi connectivity index (χ3v) is 5.79. The van der Waals surface area contributed by atoms with Crippen LogP contribution in [0.4, 0.5) is 5.69 Å². The number of nitrogens with one attached hydrogen (secondary N) is 2. The van der Waals surface area contributed by atoms with Gasteiger partial charge in [-0.05, 0) is 12.5 Å². The molecule has 1 saturated heterocycles. The summed E-state index contributed by atoms with van der Waals surface area (Å²) in [5.41, 5.74) is 4.59. The fourth-order valence-corrected chi connectivity index (χ4v) is 4.18. The Kier molecular flexibility index (Phi) is 5.57. The molecule has 0 aromatic heterocycles. The van der Waals surface area contributed by atoms with E-state index in [-0.39, 0.29) is 17.4 Å². The van der Waals surface area contributed by atoms with Crippen LogP contribution in [-0.4, -0.2) is 37.9 Å². The molecule has 4 rings (SSSR count). The van der Waals surface area contributed by atoms with Crippen molar-refractivity contribution in [2.45, 2.75) is 26.6 Å². The molecule has 2 N–H and O–H groups in total. The van der Waals surface area contributed by atoms with Crippen LogP contribution in [-0.2, 0) is 24.4 Å². The third-order valence-electron chi connectivity index (χ3n) is 5.79. The number of nitro groups is 1. The van der Waals surface area contributed by atoms with E-state index in [1.54, 1.807) is 17.0 Å². The van der Waals surface area contributed by atoms with E-state index >= 15 is 0 Å². The number of quaternary nitrogens is 2. The predicted molar refractivity (Wildman–Crippen MR) is 103 cm³/mol. The Morgan fingerprint density at radius 2 is 1.71 bits per heavy atom. The molecule has 7 nitrogen and oxygen atoms in total. The Bertz CT molecular complexity index is 863. The standard InChI is InChI=1S/C21H25N3O4/c1-16-4-2-3-5-17(16)12-22-6-8-23(9-7-22)13-18-10-20(24(25)26)11-19-14-27-15-28-21(18)19/h2-5,10-11H,6-9,12-15H2,1H3/p+2. The molecule has 0 spiro atoms. The van der Waals surface area contributed by atoms with Crippen LogP contribution in [0.2, 0.25) is 0 Å². The molecular weight excluding hydrogens is 358 g/mol. The Labute approximate surface area is 164 Å². The van der Waals surface area contributed by atoms with Gasteiger partial charge < -0.3 is 19.3 Å². The van der Waals surface area contributed by atoms with Crippen molar-refractivity contribution < 1.29 is 24.2 Å². The average molecular weight is 385 g/mol. The highest BCUT2D eigenvalue weighted by molar-refractivity contribution is 5.50. The SMILES string of the molecule is Cc1ccccc1C[NH+]1CC[NH+](Cc2cc([N+](=O)[O-])cc3c2OCOC3)CC1. The van der Waals surface area contributed by atoms with Gasteiger partial charge in [-0.25, -0.2) is 0 Å². The minimum atomic E-state index is -0.335. The summed E-state index contributed by atoms with van der Waals surface area (Å²) < 4.78 is 11.0. The van der Waals surface area contributed by atoms with E-state index in [0.29, 0.717) is 6.61 Å². The first-order chi connectivity index (χ1) is 13.6. The lowest BCUT2D eigenvalue weighted by atomic mass is 10.1. The number of nitro benzene ring substituents is 1. The molecule has 2 aromatic rings. The lowest BCUT2D eigenvalue weighted by molar-refractivity contribution is -1.02. The van der Waals surface area contributed by atoms with Gasteiger partial charge in [-0.3, -0.25) is 10.1 Å². The summed E-state index contributed by atoms with van der Waals surface area (Å²) in [6.45, 7) is 8.87. The summed E-state index contributed by atoms with van der Waals surface area (Å²) in [5.74, 6) is 0.777. The van der Waals surface area contributed by atoms with Gasteiger partial charge in [0.15, 0.2) is 6.79 Å². The van der Waals surface area contributed by atoms with E-state index in [4.69, 9.17) is 9.47 Å². The molecule has 1 fully saturated rings. The highest BCUT2D eigenvalue weighted by atomic mass is 16.7. The molecule has 0 saturated carbocycles. The van der Waals surface area contributed by atoms with Gasteiger partial charge in [0.2, 0.25) is 0 Å². The number of fused-ring (bicyclic) bond motifs is 1. The van der Waals surface area contributed by atoms with E-state index in [9.17, 15) is 10.1 Å². The van der Waals surface area contributed by atoms with Crippen molar-refractivity contribution in [2.24, 2.45) is 0 Å². The quantitative estimate of drug-likeness (QED) is 0.572. The van der Waals surface area contributed by atoms with Gasteiger partial charge in [-0.15, -0.1) is 0 Å². The zero-order valence-corrected chi connectivity index (χ0v) is 16.2. The van der Waals surface area contributed by atoms with Crippen molar-refractivity contribution in [3.63, 3.8) is 0 Å². The topological polar surface area (TPSA) is 70.5 Å². The van der Waals surface area contributed by atoms with E-state index in [1.807, 2.05) is 0 Å². The molecule has 2 aromatic carbocycles. The number of aryl methyl sites for hydroxylation is 1. The highest BCUT2D eigenvalue weighted by Crippen LogP contribution is 2.32. The smallest absolute Gasteiger partial charge is 0.270 e. The minimum Gasteiger partial charge on any atom is -0.467 e. The van der Waals surface area contributed by atoms with Crippen LogP contribution < -0.4 is 14.5 Å². The van der Waals surface area contributed by atoms with Crippen molar-refractivity contribution >= 4 is 5.69 Å². The zero-order valence-electron chi connectivity index (χ0n) is 16.2. The number of nitrogens with zero attached hydrogens (tertiary/aromatic N) is 1. The monoisotopic (exact) mass is 385 g/mol. The largest absolute Gasteiger partial charge is 0.467 e. The second-order valence-electron chi connectivity index (χ2n) is 7.74. The first-order valence-electron chi connectivity index (χ1n) is 9.82. The predicted octanol–water partition coefficient (Wildman–Crippen LogP) is 0.253. The fraction of sp³-hybridized carbons (Fsp3) is 0.429. The Morgan fingerprint density at radius 3 is 2.39 bits per heavy atom. The number of non-ortho nitro benzene ring substituents is 1. The summed E-state index contributed by atoms with van der Waals surface area (Å²) in [5, 5.41) is 11.3. The van der Waals surface area contributed by atoms with Gasteiger partial charge in [0.25, 0.3) is 5.69 Å². The van der Waals surface area contributed by atoms with Crippen molar-refractivity contribution in [2.75, 3.05) is 33.0 Å². The maximum absolute atomic E-state index is 11.3. The molecule has 0 bridgehead atoms. The number of hydrogen-bond acceptors (Lipinski definition) is 4. The molecule has 0 atom stereocenters. The van der Waals surface area contributed by atoms with Crippen molar-refractivity contribution in [3.05, 3.63) is 68.8 Å². The van der Waals surface area contributed by atoms with E-state index in [1.165, 1.54) is 16.0 Å². The van der Waals surface area contributed by atoms with Crippen molar-refractivity contribution in [3.8, 4) is 5.75 Å². The van der Waals surface area contributed by atoms with Gasteiger partial charge >= 0.3 is 0 Å². The molecule has 2 heterocycles. The Balaban J connectivity index is 1.41. The van der Waals surface area contributed by atoms with Crippen LogP contribution in [0.25, 0.3) is 0 Å². The summed E-state index contributed by atoms with van der Waals surface area (Å²) in [4.78, 5) is 14.0. The maximum Gasteiger partial charge on any atom is 0.270 e. The summed E-state index contributed by atoms with van der Waals surface area (Å²) in [6.07, 6.45) is 0. The molecule has 7 heteroatoms. The van der Waals surface area contributed by atoms with E-state index < -0.39 is 0 Å². The van der Waals surface area contributed by atoms with Crippen molar-refractivity contribution in [1.82, 2.24) is 0 Å². The van der Waals surface area contributed by atoms with Gasteiger partial charge in [0.05, 0.1) is 17.1 Å². The Morgan fingerprint density at radius 1 is 1.04 bits per heavy atom. The van der Waals surface area contributed by atoms with Crippen molar-refractivity contribution in [1.29, 1.82) is 0 Å². The number of benzene rings is 2. The normalized spacial score (nSPS) is 21.6. The minimum absolute atomic E-state index is 0.117. The highest BCUT2D eigenvalue weighted by Gasteiger charge is 2.27. The molecule has 0 radical (unpaired) electrons. The van der Waals surface area contributed by atoms with Gasteiger partial charge in [0, 0.05) is 23.3 Å². The van der Waals surface area contributed by atoms with Gasteiger partial charge in [-0.2, -0.15) is 0 Å². The number of hydrogen-bond donors (Lipinski definition) is 2. The summed E-state index contributed by atoms with van der Waals surface area (Å²) in [6, 6.07) is 11.8. The number of rotatable bonds is 5. The molecular formula is C21H27N3O4+2. The zero-order chi connectivity index (χ0) is 19.5. The summed E-state index contributed by atoms with van der Waals surface area (Å²) >= 11 is 0. The van der Waals surface area contributed by atoms with E-state index in [2.05, 4.69) is 31.2 Å². The fourth-order valence-electron chi connectivity index (χ4n) is 4.18. The van der Waals surface area contributed by atoms with Crippen LogP contribution in [0.1, 0.15) is 22.3 Å². The lowest BCUT2D eigenvalue weighted by Crippen LogP contribution is -3.27. The van der Waals surface area contributed by atoms with E-state index in [0.717, 1.165) is 56.1 Å². The Hall–Kier alpha value is -2.48. The van der Waals surface area contributed by atoms with Gasteiger partial charge in [-0.1, -0.05) is 24.3 Å². The van der Waals surface area contributed by atoms with Crippen LogP contribution in [0.5, 0.6) is 5.75 Å². The number of ether oxygens (including phenoxy) is 2. The molecule has 148 valence electrons. The van der Waals surface area contributed by atoms with Gasteiger partial charge in [0.1, 0.15) is 45.0 Å². The molecule has 2 aliphatic rings. The number of piperazine rings is 1. The molecule has 0 unspecified atom stereocenters. The maximum atomic E-state index is 11.3. The van der Waals surface area contributed by atoms with Crippen LogP contribution in [0.15, 0.2) is 36.4 Å². The second-order valence-corrected chi connectivity index (χ2v) is 7.74. The third kappa shape index (κ3) is 4.16. The molecule has 28 heavy (non-hydrogen) atoms. The molecule has 2 aliphatic heterocycles. The summed E-state index contributed by atoms with van der Waals surface area (Å²) in [7, 11) is 0. The van der Waals surface area contributed by atoms with Crippen LogP contribution in [0.3, 0.4) is 0 Å². The van der Waals surface area contributed by atoms with Crippen LogP contribution in [0, 0.1) is 17.0 Å². The lowest BCUT2D eigenvalue weighted by Gasteiger charge is -2.31. The average Bonchev–Trinajstić information content (AvgIpc) is 2.71.